The number of nitrogens with two attached hydrogens (primary N) is 1. The topological polar surface area (TPSA) is 87.4 Å². The van der Waals surface area contributed by atoms with Crippen molar-refractivity contribution in [2.45, 2.75) is 37.9 Å². The molecule has 7 nitrogen and oxygen atoms in total. The summed E-state index contributed by atoms with van der Waals surface area (Å²) in [4.78, 5) is 23.1. The number of aromatic nitrogens is 2. The van der Waals surface area contributed by atoms with E-state index in [9.17, 15) is 18.0 Å². The molecule has 4 rings (SSSR count). The van der Waals surface area contributed by atoms with Crippen LogP contribution < -0.4 is 16.0 Å². The number of nitrogens with one attached hydrogen (secondary N) is 1. The minimum atomic E-state index is -4.40. The number of hydrogen-bond acceptors (Lipinski definition) is 6. The summed E-state index contributed by atoms with van der Waals surface area (Å²) in [6.45, 7) is 2.86. The van der Waals surface area contributed by atoms with E-state index in [1.807, 2.05) is 4.90 Å². The van der Waals surface area contributed by atoms with Gasteiger partial charge in [-0.3, -0.25) is 9.69 Å². The number of amides is 1. The van der Waals surface area contributed by atoms with E-state index in [0.29, 0.717) is 31.0 Å². The molecule has 34 heavy (non-hydrogen) atoms. The van der Waals surface area contributed by atoms with E-state index in [1.165, 1.54) is 18.5 Å². The minimum Gasteiger partial charge on any atom is -0.369 e. The molecule has 1 amide bonds. The largest absolute Gasteiger partial charge is 0.416 e. The van der Waals surface area contributed by atoms with Crippen LogP contribution in [0.3, 0.4) is 0 Å². The van der Waals surface area contributed by atoms with Crippen LogP contribution in [0, 0.1) is 11.7 Å². The molecule has 3 heterocycles. The molecular weight excluding hydrogens is 452 g/mol. The Morgan fingerprint density at radius 2 is 1.79 bits per heavy atom. The molecular formula is C23H28F4N6O. The normalized spacial score (nSPS) is 20.0. The SMILES string of the molecule is NC(=O)CN1CCC(CNc2ncnc(N3CCCC3c3ccc(C(F)(F)F)cc3)c2F)CC1. The second-order valence-corrected chi connectivity index (χ2v) is 8.90. The van der Waals surface area contributed by atoms with E-state index in [0.717, 1.165) is 44.5 Å². The Hall–Kier alpha value is -2.95. The first-order valence-electron chi connectivity index (χ1n) is 11.4. The predicted molar refractivity (Wildman–Crippen MR) is 120 cm³/mol. The average molecular weight is 481 g/mol. The molecule has 1 aromatic heterocycles. The maximum absolute atomic E-state index is 15.4. The highest BCUT2D eigenvalue weighted by molar-refractivity contribution is 5.75. The van der Waals surface area contributed by atoms with E-state index < -0.39 is 17.6 Å². The number of halogens is 4. The number of carbonyl (C=O) groups excluding carboxylic acids is 1. The van der Waals surface area contributed by atoms with Gasteiger partial charge in [-0.25, -0.2) is 9.97 Å². The van der Waals surface area contributed by atoms with Gasteiger partial charge in [-0.2, -0.15) is 17.6 Å². The summed E-state index contributed by atoms with van der Waals surface area (Å²) in [6.07, 6.45) is 0.108. The number of likely N-dealkylation sites (tertiary alicyclic amines) is 1. The number of benzene rings is 1. The number of alkyl halides is 3. The molecule has 2 saturated heterocycles. The van der Waals surface area contributed by atoms with Crippen molar-refractivity contribution < 1.29 is 22.4 Å². The minimum absolute atomic E-state index is 0.114. The van der Waals surface area contributed by atoms with Gasteiger partial charge in [-0.15, -0.1) is 0 Å². The monoisotopic (exact) mass is 480 g/mol. The molecule has 0 aliphatic carbocycles. The Kier molecular flexibility index (Phi) is 7.20. The summed E-state index contributed by atoms with van der Waals surface area (Å²) in [5.74, 6) is -0.330. The van der Waals surface area contributed by atoms with Crippen molar-refractivity contribution in [1.29, 1.82) is 0 Å². The smallest absolute Gasteiger partial charge is 0.369 e. The Bertz CT molecular complexity index is 992. The first kappa shape index (κ1) is 24.2. The highest BCUT2D eigenvalue weighted by atomic mass is 19.4. The molecule has 3 N–H and O–H groups in total. The van der Waals surface area contributed by atoms with Crippen LogP contribution in [0.2, 0.25) is 0 Å². The summed E-state index contributed by atoms with van der Waals surface area (Å²) in [5, 5.41) is 3.09. The van der Waals surface area contributed by atoms with Crippen LogP contribution in [0.4, 0.5) is 29.2 Å². The van der Waals surface area contributed by atoms with Gasteiger partial charge in [0, 0.05) is 13.1 Å². The Labute approximate surface area is 195 Å². The van der Waals surface area contributed by atoms with Gasteiger partial charge in [0.2, 0.25) is 11.7 Å². The lowest BCUT2D eigenvalue weighted by Crippen LogP contribution is -2.40. The first-order chi connectivity index (χ1) is 16.2. The highest BCUT2D eigenvalue weighted by Gasteiger charge is 2.33. The zero-order valence-electron chi connectivity index (χ0n) is 18.7. The van der Waals surface area contributed by atoms with Gasteiger partial charge in [0.15, 0.2) is 11.6 Å². The number of anilines is 2. The lowest BCUT2D eigenvalue weighted by molar-refractivity contribution is -0.137. The van der Waals surface area contributed by atoms with Crippen molar-refractivity contribution in [3.05, 3.63) is 47.5 Å². The maximum Gasteiger partial charge on any atom is 0.416 e. The molecule has 2 aromatic rings. The number of hydrogen-bond donors (Lipinski definition) is 2. The predicted octanol–water partition coefficient (Wildman–Crippen LogP) is 3.59. The quantitative estimate of drug-likeness (QED) is 0.589. The number of primary amides is 1. The van der Waals surface area contributed by atoms with Gasteiger partial charge in [-0.05, 0) is 62.4 Å². The zero-order valence-corrected chi connectivity index (χ0v) is 18.7. The van der Waals surface area contributed by atoms with Crippen molar-refractivity contribution in [3.63, 3.8) is 0 Å². The molecule has 11 heteroatoms. The Balaban J connectivity index is 1.41. The molecule has 0 spiro atoms. The number of nitrogens with zero attached hydrogens (tertiary/aromatic N) is 4. The van der Waals surface area contributed by atoms with Gasteiger partial charge in [0.05, 0.1) is 18.2 Å². The van der Waals surface area contributed by atoms with E-state index in [2.05, 4.69) is 15.3 Å². The molecule has 1 unspecified atom stereocenters. The molecule has 184 valence electrons. The third kappa shape index (κ3) is 5.57. The fourth-order valence-corrected chi connectivity index (χ4v) is 4.76. The van der Waals surface area contributed by atoms with Crippen LogP contribution in [-0.4, -0.2) is 53.5 Å². The fraction of sp³-hybridized carbons (Fsp3) is 0.522. The molecule has 2 aliphatic heterocycles. The molecule has 0 bridgehead atoms. The van der Waals surface area contributed by atoms with Crippen molar-refractivity contribution in [1.82, 2.24) is 14.9 Å². The summed E-state index contributed by atoms with van der Waals surface area (Å²) in [5.41, 5.74) is 5.24. The van der Waals surface area contributed by atoms with Gasteiger partial charge < -0.3 is 16.0 Å². The lowest BCUT2D eigenvalue weighted by Gasteiger charge is -2.31. The molecule has 2 fully saturated rings. The van der Waals surface area contributed by atoms with Crippen molar-refractivity contribution >= 4 is 17.5 Å². The molecule has 1 atom stereocenters. The van der Waals surface area contributed by atoms with Gasteiger partial charge in [0.1, 0.15) is 6.33 Å². The maximum atomic E-state index is 15.4. The highest BCUT2D eigenvalue weighted by Crippen LogP contribution is 2.38. The van der Waals surface area contributed by atoms with Crippen molar-refractivity contribution in [2.24, 2.45) is 11.7 Å². The van der Waals surface area contributed by atoms with Crippen molar-refractivity contribution in [2.75, 3.05) is 42.9 Å². The van der Waals surface area contributed by atoms with Crippen LogP contribution in [0.25, 0.3) is 0 Å². The fourth-order valence-electron chi connectivity index (χ4n) is 4.76. The third-order valence-electron chi connectivity index (χ3n) is 6.56. The average Bonchev–Trinajstić information content (AvgIpc) is 3.28. The third-order valence-corrected chi connectivity index (χ3v) is 6.56. The van der Waals surface area contributed by atoms with Crippen LogP contribution in [0.5, 0.6) is 0 Å². The standard InChI is InChI=1S/C23H28F4N6O/c24-20-21(29-12-15-7-10-32(11-8-15)13-19(28)34)30-14-31-22(20)33-9-1-2-18(33)16-3-5-17(6-4-16)23(25,26)27/h3-6,14-15,18H,1-2,7-13H2,(H2,28,34)(H,29,30,31). The molecule has 1 aromatic carbocycles. The van der Waals surface area contributed by atoms with Gasteiger partial charge in [-0.1, -0.05) is 12.1 Å². The van der Waals surface area contributed by atoms with Crippen LogP contribution >= 0.6 is 0 Å². The van der Waals surface area contributed by atoms with Crippen LogP contribution in [0.15, 0.2) is 30.6 Å². The second kappa shape index (κ2) is 10.1. The van der Waals surface area contributed by atoms with Gasteiger partial charge >= 0.3 is 6.18 Å². The Morgan fingerprint density at radius 1 is 1.09 bits per heavy atom. The zero-order chi connectivity index (χ0) is 24.3. The van der Waals surface area contributed by atoms with E-state index in [4.69, 9.17) is 5.73 Å². The van der Waals surface area contributed by atoms with Gasteiger partial charge in [0.25, 0.3) is 0 Å². The van der Waals surface area contributed by atoms with Crippen LogP contribution in [0.1, 0.15) is 42.9 Å². The molecule has 0 saturated carbocycles. The van der Waals surface area contributed by atoms with Crippen molar-refractivity contribution in [3.8, 4) is 0 Å². The summed E-state index contributed by atoms with van der Waals surface area (Å²) in [7, 11) is 0. The lowest BCUT2D eigenvalue weighted by atomic mass is 9.97. The Morgan fingerprint density at radius 3 is 2.44 bits per heavy atom. The number of rotatable bonds is 7. The molecule has 2 aliphatic rings. The van der Waals surface area contributed by atoms with E-state index >= 15 is 4.39 Å². The summed E-state index contributed by atoms with van der Waals surface area (Å²) < 4.78 is 54.1. The van der Waals surface area contributed by atoms with E-state index in [1.54, 1.807) is 4.90 Å². The summed E-state index contributed by atoms with van der Waals surface area (Å²) >= 11 is 0. The number of carbonyl (C=O) groups is 1. The molecule has 0 radical (unpaired) electrons. The first-order valence-corrected chi connectivity index (χ1v) is 11.4. The number of piperidine rings is 1. The second-order valence-electron chi connectivity index (χ2n) is 8.90. The van der Waals surface area contributed by atoms with Crippen LogP contribution in [-0.2, 0) is 11.0 Å². The van der Waals surface area contributed by atoms with E-state index in [-0.39, 0.29) is 30.1 Å². The summed E-state index contributed by atoms with van der Waals surface area (Å²) in [6, 6.07) is 4.77.